The number of hydrogen-bond acceptors (Lipinski definition) is 8. The van der Waals surface area contributed by atoms with Crippen LogP contribution in [0.25, 0.3) is 10.9 Å². The molecule has 5 rings (SSSR count). The van der Waals surface area contributed by atoms with Gasteiger partial charge in [-0.05, 0) is 67.6 Å². The lowest BCUT2D eigenvalue weighted by atomic mass is 10.1. The Morgan fingerprint density at radius 1 is 1.00 bits per heavy atom. The fraction of sp³-hybridized carbons (Fsp3) is 0.143. The first-order valence-electron chi connectivity index (χ1n) is 12.0. The molecule has 10 nitrogen and oxygen atoms in total. The molecule has 0 aliphatic carbocycles. The maximum atomic E-state index is 12.9. The maximum Gasteiger partial charge on any atom is 0.256 e. The Morgan fingerprint density at radius 2 is 1.79 bits per heavy atom. The van der Waals surface area contributed by atoms with E-state index in [4.69, 9.17) is 0 Å². The summed E-state index contributed by atoms with van der Waals surface area (Å²) in [6.07, 6.45) is 0. The normalized spacial score (nSPS) is 11.9. The molecule has 5 aromatic rings. The van der Waals surface area contributed by atoms with Gasteiger partial charge in [0.25, 0.3) is 16.8 Å². The second kappa shape index (κ2) is 10.2. The number of H-pyrrole nitrogens is 1. The van der Waals surface area contributed by atoms with Crippen LogP contribution in [0.3, 0.4) is 0 Å². The minimum absolute atomic E-state index is 0.112. The van der Waals surface area contributed by atoms with Crippen molar-refractivity contribution in [2.75, 3.05) is 23.0 Å². The van der Waals surface area contributed by atoms with Crippen LogP contribution >= 0.6 is 0 Å². The third-order valence-electron chi connectivity index (χ3n) is 6.28. The van der Waals surface area contributed by atoms with Crippen molar-refractivity contribution in [2.24, 2.45) is 0 Å². The third kappa shape index (κ3) is 4.84. The molecule has 0 aliphatic rings. The van der Waals surface area contributed by atoms with Crippen LogP contribution in [0.15, 0.2) is 76.3 Å². The van der Waals surface area contributed by atoms with E-state index in [1.807, 2.05) is 38.2 Å². The van der Waals surface area contributed by atoms with Crippen molar-refractivity contribution in [3.8, 4) is 5.75 Å². The lowest BCUT2D eigenvalue weighted by Crippen LogP contribution is -2.37. The number of aromatic amines is 1. The average molecular weight is 511 g/mol. The molecule has 0 saturated heterocycles. The number of nitrogens with zero attached hydrogens (tertiary/aromatic N) is 1. The van der Waals surface area contributed by atoms with Crippen molar-refractivity contribution < 1.29 is 9.90 Å². The standard InChI is InChI=1S/C28H26N6O4/c1-15(17-6-4-8-20(35)12-17)30-23-24(26(37)25(23)36)31-19-9-10-22-21(13-19)27(34-33-22)32-28(38)18-7-3-5-16(11-18)14-29-2/h3-13,15,29-31,35H,14H2,1-2H3,(H2,32,33,34,38)/t15-/m1/s1. The zero-order valence-corrected chi connectivity index (χ0v) is 20.8. The highest BCUT2D eigenvalue weighted by molar-refractivity contribution is 6.08. The number of fused-ring (bicyclic) bond motifs is 1. The number of benzene rings is 3. The van der Waals surface area contributed by atoms with Crippen LogP contribution < -0.4 is 32.1 Å². The van der Waals surface area contributed by atoms with Crippen LogP contribution in [-0.2, 0) is 6.54 Å². The smallest absolute Gasteiger partial charge is 0.256 e. The predicted octanol–water partition coefficient (Wildman–Crippen LogP) is 3.75. The van der Waals surface area contributed by atoms with Crippen LogP contribution in [0, 0.1) is 0 Å². The number of anilines is 4. The summed E-state index contributed by atoms with van der Waals surface area (Å²) in [6, 6.07) is 18.9. The van der Waals surface area contributed by atoms with Gasteiger partial charge in [-0.3, -0.25) is 19.5 Å². The highest BCUT2D eigenvalue weighted by atomic mass is 16.3. The molecule has 0 radical (unpaired) electrons. The number of phenols is 1. The zero-order valence-electron chi connectivity index (χ0n) is 20.8. The van der Waals surface area contributed by atoms with Crippen molar-refractivity contribution in [2.45, 2.75) is 19.5 Å². The molecule has 0 unspecified atom stereocenters. The van der Waals surface area contributed by atoms with Gasteiger partial charge >= 0.3 is 0 Å². The second-order valence-corrected chi connectivity index (χ2v) is 9.01. The molecule has 1 atom stereocenters. The van der Waals surface area contributed by atoms with Crippen LogP contribution in [0.5, 0.6) is 5.75 Å². The monoisotopic (exact) mass is 510 g/mol. The molecular formula is C28H26N6O4. The van der Waals surface area contributed by atoms with Gasteiger partial charge in [0.1, 0.15) is 17.1 Å². The molecule has 0 bridgehead atoms. The Kier molecular flexibility index (Phi) is 6.63. The summed E-state index contributed by atoms with van der Waals surface area (Å²) in [6.45, 7) is 2.47. The highest BCUT2D eigenvalue weighted by Crippen LogP contribution is 2.29. The van der Waals surface area contributed by atoms with Crippen molar-refractivity contribution in [1.82, 2.24) is 15.5 Å². The summed E-state index contributed by atoms with van der Waals surface area (Å²) in [7, 11) is 1.84. The number of rotatable bonds is 9. The van der Waals surface area contributed by atoms with Crippen LogP contribution in [0.4, 0.5) is 22.9 Å². The number of amides is 1. The van der Waals surface area contributed by atoms with Crippen LogP contribution in [0.1, 0.15) is 34.5 Å². The molecule has 192 valence electrons. The van der Waals surface area contributed by atoms with Crippen molar-refractivity contribution >= 4 is 39.7 Å². The Labute approximate surface area is 217 Å². The van der Waals surface area contributed by atoms with Crippen molar-refractivity contribution in [1.29, 1.82) is 0 Å². The lowest BCUT2D eigenvalue weighted by Gasteiger charge is -2.20. The first kappa shape index (κ1) is 24.7. The maximum absolute atomic E-state index is 12.9. The Bertz CT molecular complexity index is 1720. The Morgan fingerprint density at radius 3 is 2.58 bits per heavy atom. The van der Waals surface area contributed by atoms with Gasteiger partial charge in [0.2, 0.25) is 0 Å². The van der Waals surface area contributed by atoms with E-state index in [1.54, 1.807) is 42.5 Å². The van der Waals surface area contributed by atoms with E-state index in [0.717, 1.165) is 11.1 Å². The molecule has 1 heterocycles. The highest BCUT2D eigenvalue weighted by Gasteiger charge is 2.23. The van der Waals surface area contributed by atoms with Crippen LogP contribution in [-0.4, -0.2) is 28.3 Å². The molecule has 10 heteroatoms. The number of aromatic nitrogens is 2. The topological polar surface area (TPSA) is 148 Å². The van der Waals surface area contributed by atoms with Gasteiger partial charge in [-0.1, -0.05) is 24.3 Å². The SMILES string of the molecule is CNCc1cccc(C(=O)Nc2n[nH]c3ccc(Nc4c(N[C@H](C)c5cccc(O)c5)c(=O)c4=O)cc23)c1. The Hall–Kier alpha value is -4.96. The molecule has 1 amide bonds. The second-order valence-electron chi connectivity index (χ2n) is 9.01. The summed E-state index contributed by atoms with van der Waals surface area (Å²) in [5, 5.41) is 29.5. The first-order valence-corrected chi connectivity index (χ1v) is 12.0. The van der Waals surface area contributed by atoms with E-state index < -0.39 is 10.9 Å². The summed E-state index contributed by atoms with van der Waals surface area (Å²) in [4.78, 5) is 37.6. The average Bonchev–Trinajstić information content (AvgIpc) is 3.32. The van der Waals surface area contributed by atoms with E-state index in [-0.39, 0.29) is 29.1 Å². The molecule has 0 spiro atoms. The van der Waals surface area contributed by atoms with E-state index in [1.165, 1.54) is 0 Å². The largest absolute Gasteiger partial charge is 0.508 e. The van der Waals surface area contributed by atoms with Crippen molar-refractivity contribution in [3.05, 3.63) is 104 Å². The van der Waals surface area contributed by atoms with E-state index in [2.05, 4.69) is 31.5 Å². The molecule has 38 heavy (non-hydrogen) atoms. The van der Waals surface area contributed by atoms with Gasteiger partial charge in [0, 0.05) is 29.2 Å². The van der Waals surface area contributed by atoms with E-state index in [9.17, 15) is 19.5 Å². The number of nitrogens with one attached hydrogen (secondary N) is 5. The fourth-order valence-electron chi connectivity index (χ4n) is 4.28. The number of aromatic hydroxyl groups is 1. The quantitative estimate of drug-likeness (QED) is 0.164. The summed E-state index contributed by atoms with van der Waals surface area (Å²) < 4.78 is 0. The number of hydrogen-bond donors (Lipinski definition) is 6. The van der Waals surface area contributed by atoms with Gasteiger partial charge in [0.05, 0.1) is 5.52 Å². The predicted molar refractivity (Wildman–Crippen MR) is 148 cm³/mol. The molecular weight excluding hydrogens is 484 g/mol. The van der Waals surface area contributed by atoms with Gasteiger partial charge in [0.15, 0.2) is 5.82 Å². The van der Waals surface area contributed by atoms with Gasteiger partial charge < -0.3 is 26.4 Å². The molecule has 0 fully saturated rings. The molecule has 0 aliphatic heterocycles. The fourth-order valence-corrected chi connectivity index (χ4v) is 4.28. The number of carbonyl (C=O) groups excluding carboxylic acids is 1. The third-order valence-corrected chi connectivity index (χ3v) is 6.28. The molecule has 6 N–H and O–H groups in total. The minimum Gasteiger partial charge on any atom is -0.508 e. The van der Waals surface area contributed by atoms with Gasteiger partial charge in [-0.25, -0.2) is 0 Å². The van der Waals surface area contributed by atoms with E-state index >= 15 is 0 Å². The summed E-state index contributed by atoms with van der Waals surface area (Å²) in [5.41, 5.74) is 2.57. The van der Waals surface area contributed by atoms with Gasteiger partial charge in [-0.15, -0.1) is 0 Å². The summed E-state index contributed by atoms with van der Waals surface area (Å²) >= 11 is 0. The van der Waals surface area contributed by atoms with Crippen LogP contribution in [0.2, 0.25) is 0 Å². The first-order chi connectivity index (χ1) is 18.3. The zero-order chi connectivity index (χ0) is 26.8. The minimum atomic E-state index is -0.627. The summed E-state index contributed by atoms with van der Waals surface area (Å²) in [5.74, 6) is 0.152. The molecule has 0 saturated carbocycles. The lowest BCUT2D eigenvalue weighted by molar-refractivity contribution is 0.102. The van der Waals surface area contributed by atoms with Gasteiger partial charge in [-0.2, -0.15) is 5.10 Å². The van der Waals surface area contributed by atoms with E-state index in [0.29, 0.717) is 34.5 Å². The molecule has 1 aromatic heterocycles. The number of carbonyl (C=O) groups is 1. The van der Waals surface area contributed by atoms with Crippen molar-refractivity contribution in [3.63, 3.8) is 0 Å². The Balaban J connectivity index is 1.36. The molecule has 4 aromatic carbocycles. The number of phenolic OH excluding ortho intramolecular Hbond substituents is 1.